The summed E-state index contributed by atoms with van der Waals surface area (Å²) in [6.07, 6.45) is 1.06. The van der Waals surface area contributed by atoms with E-state index in [0.29, 0.717) is 12.8 Å². The van der Waals surface area contributed by atoms with Gasteiger partial charge in [-0.15, -0.1) is 0 Å². The van der Waals surface area contributed by atoms with Gasteiger partial charge < -0.3 is 20.4 Å². The van der Waals surface area contributed by atoms with Crippen LogP contribution in [-0.4, -0.2) is 52.3 Å². The molecule has 3 N–H and O–H groups in total. The number of hydrogen-bond donors (Lipinski definition) is 3. The van der Waals surface area contributed by atoms with Crippen LogP contribution in [0.4, 0.5) is 4.79 Å². The molecule has 0 rings (SSSR count). The van der Waals surface area contributed by atoms with Crippen LogP contribution in [-0.2, 0) is 4.79 Å². The number of amides is 2. The second-order valence-corrected chi connectivity index (χ2v) is 4.80. The summed E-state index contributed by atoms with van der Waals surface area (Å²) >= 11 is 0. The molecule has 0 saturated carbocycles. The standard InChI is InChI=1S/C11H22N2O4/c1-5-6-8(9(14)15)12-10(16)13(4)7-11(2,3)17/h8,17H,5-7H2,1-4H3,(H,12,16)(H,14,15)/t8-/m0/s1. The molecule has 1 atom stereocenters. The molecule has 0 saturated heterocycles. The van der Waals surface area contributed by atoms with Crippen molar-refractivity contribution in [1.29, 1.82) is 0 Å². The Hall–Kier alpha value is -1.30. The van der Waals surface area contributed by atoms with Crippen molar-refractivity contribution < 1.29 is 19.8 Å². The average Bonchev–Trinajstić information content (AvgIpc) is 2.13. The van der Waals surface area contributed by atoms with Crippen molar-refractivity contribution in [2.75, 3.05) is 13.6 Å². The van der Waals surface area contributed by atoms with E-state index in [1.54, 1.807) is 13.8 Å². The van der Waals surface area contributed by atoms with Crippen LogP contribution in [0, 0.1) is 0 Å². The van der Waals surface area contributed by atoms with E-state index in [1.807, 2.05) is 6.92 Å². The Balaban J connectivity index is 4.35. The highest BCUT2D eigenvalue weighted by Gasteiger charge is 2.23. The van der Waals surface area contributed by atoms with E-state index in [1.165, 1.54) is 11.9 Å². The molecule has 100 valence electrons. The Labute approximate surface area is 102 Å². The number of carboxylic acid groups (broad SMARTS) is 1. The molecule has 0 bridgehead atoms. The fourth-order valence-electron chi connectivity index (χ4n) is 1.46. The van der Waals surface area contributed by atoms with E-state index in [0.717, 1.165) is 0 Å². The van der Waals surface area contributed by atoms with Crippen LogP contribution in [0.3, 0.4) is 0 Å². The summed E-state index contributed by atoms with van der Waals surface area (Å²) in [5.41, 5.74) is -1.00. The van der Waals surface area contributed by atoms with E-state index in [-0.39, 0.29) is 6.54 Å². The van der Waals surface area contributed by atoms with E-state index in [9.17, 15) is 14.7 Å². The largest absolute Gasteiger partial charge is 0.480 e. The fraction of sp³-hybridized carbons (Fsp3) is 0.818. The molecule has 2 amide bonds. The highest BCUT2D eigenvalue weighted by Crippen LogP contribution is 2.04. The van der Waals surface area contributed by atoms with E-state index < -0.39 is 23.6 Å². The normalized spacial score (nSPS) is 13.0. The predicted molar refractivity (Wildman–Crippen MR) is 63.8 cm³/mol. The third-order valence-electron chi connectivity index (χ3n) is 2.14. The van der Waals surface area contributed by atoms with Crippen LogP contribution in [0.5, 0.6) is 0 Å². The zero-order valence-electron chi connectivity index (χ0n) is 10.9. The zero-order valence-corrected chi connectivity index (χ0v) is 10.9. The molecule has 0 aromatic rings. The molecular weight excluding hydrogens is 224 g/mol. The Morgan fingerprint density at radius 3 is 2.29 bits per heavy atom. The lowest BCUT2D eigenvalue weighted by molar-refractivity contribution is -0.139. The number of carbonyl (C=O) groups is 2. The third-order valence-corrected chi connectivity index (χ3v) is 2.14. The van der Waals surface area contributed by atoms with Gasteiger partial charge in [0.05, 0.1) is 12.1 Å². The van der Waals surface area contributed by atoms with Crippen molar-refractivity contribution in [2.24, 2.45) is 0 Å². The molecule has 0 unspecified atom stereocenters. The molecule has 0 heterocycles. The van der Waals surface area contributed by atoms with Gasteiger partial charge in [0, 0.05) is 7.05 Å². The molecule has 0 aromatic heterocycles. The van der Waals surface area contributed by atoms with E-state index in [2.05, 4.69) is 5.32 Å². The Morgan fingerprint density at radius 1 is 1.41 bits per heavy atom. The van der Waals surface area contributed by atoms with Gasteiger partial charge in [0.25, 0.3) is 0 Å². The number of hydrogen-bond acceptors (Lipinski definition) is 3. The van der Waals surface area contributed by atoms with Crippen LogP contribution < -0.4 is 5.32 Å². The maximum Gasteiger partial charge on any atom is 0.326 e. The summed E-state index contributed by atoms with van der Waals surface area (Å²) in [4.78, 5) is 23.8. The fourth-order valence-corrected chi connectivity index (χ4v) is 1.46. The van der Waals surface area contributed by atoms with Gasteiger partial charge in [-0.05, 0) is 20.3 Å². The SMILES string of the molecule is CCC[C@H](NC(=O)N(C)CC(C)(C)O)C(=O)O. The van der Waals surface area contributed by atoms with Crippen molar-refractivity contribution in [1.82, 2.24) is 10.2 Å². The Bertz CT molecular complexity index is 273. The highest BCUT2D eigenvalue weighted by atomic mass is 16.4. The molecule has 6 nitrogen and oxygen atoms in total. The smallest absolute Gasteiger partial charge is 0.326 e. The molecule has 0 radical (unpaired) electrons. The monoisotopic (exact) mass is 246 g/mol. The lowest BCUT2D eigenvalue weighted by Gasteiger charge is -2.27. The number of urea groups is 1. The van der Waals surface area contributed by atoms with E-state index >= 15 is 0 Å². The number of rotatable bonds is 6. The number of carboxylic acids is 1. The minimum absolute atomic E-state index is 0.136. The van der Waals surface area contributed by atoms with Crippen LogP contribution >= 0.6 is 0 Å². The summed E-state index contributed by atoms with van der Waals surface area (Å²) in [7, 11) is 1.51. The molecular formula is C11H22N2O4. The third kappa shape index (κ3) is 6.78. The van der Waals surface area contributed by atoms with Gasteiger partial charge in [0.2, 0.25) is 0 Å². The van der Waals surface area contributed by atoms with Crippen molar-refractivity contribution in [3.8, 4) is 0 Å². The summed E-state index contributed by atoms with van der Waals surface area (Å²) in [5, 5.41) is 20.8. The number of aliphatic hydroxyl groups is 1. The van der Waals surface area contributed by atoms with Crippen LogP contribution in [0.25, 0.3) is 0 Å². The predicted octanol–water partition coefficient (Wildman–Crippen LogP) is 0.652. The number of carbonyl (C=O) groups excluding carboxylic acids is 1. The minimum Gasteiger partial charge on any atom is -0.480 e. The maximum atomic E-state index is 11.7. The first-order valence-corrected chi connectivity index (χ1v) is 5.64. The summed E-state index contributed by atoms with van der Waals surface area (Å²) in [5.74, 6) is -1.04. The second-order valence-electron chi connectivity index (χ2n) is 4.80. The van der Waals surface area contributed by atoms with Gasteiger partial charge in [-0.2, -0.15) is 0 Å². The molecule has 0 aliphatic carbocycles. The molecule has 0 aliphatic heterocycles. The summed E-state index contributed by atoms with van der Waals surface area (Å²) < 4.78 is 0. The molecule has 0 spiro atoms. The maximum absolute atomic E-state index is 11.7. The van der Waals surface area contributed by atoms with Crippen molar-refractivity contribution in [3.63, 3.8) is 0 Å². The Kier molecular flexibility index (Phi) is 5.95. The van der Waals surface area contributed by atoms with Gasteiger partial charge in [0.1, 0.15) is 6.04 Å². The number of nitrogens with zero attached hydrogens (tertiary/aromatic N) is 1. The number of aliphatic carboxylic acids is 1. The topological polar surface area (TPSA) is 89.9 Å². The van der Waals surface area contributed by atoms with Crippen LogP contribution in [0.2, 0.25) is 0 Å². The number of likely N-dealkylation sites (N-methyl/N-ethyl adjacent to an activating group) is 1. The van der Waals surface area contributed by atoms with Gasteiger partial charge in [-0.3, -0.25) is 0 Å². The summed E-state index contributed by atoms with van der Waals surface area (Å²) in [6.45, 7) is 5.15. The van der Waals surface area contributed by atoms with Crippen molar-refractivity contribution in [2.45, 2.75) is 45.3 Å². The first-order valence-electron chi connectivity index (χ1n) is 5.64. The van der Waals surface area contributed by atoms with Gasteiger partial charge in [-0.25, -0.2) is 9.59 Å². The second kappa shape index (κ2) is 6.44. The Morgan fingerprint density at radius 2 is 1.94 bits per heavy atom. The lowest BCUT2D eigenvalue weighted by Crippen LogP contribution is -2.49. The molecule has 0 fully saturated rings. The highest BCUT2D eigenvalue weighted by molar-refractivity contribution is 5.82. The van der Waals surface area contributed by atoms with Gasteiger partial charge >= 0.3 is 12.0 Å². The van der Waals surface area contributed by atoms with Gasteiger partial charge in [-0.1, -0.05) is 13.3 Å². The van der Waals surface area contributed by atoms with Crippen LogP contribution in [0.15, 0.2) is 0 Å². The van der Waals surface area contributed by atoms with E-state index in [4.69, 9.17) is 5.11 Å². The zero-order chi connectivity index (χ0) is 13.6. The van der Waals surface area contributed by atoms with Crippen molar-refractivity contribution >= 4 is 12.0 Å². The van der Waals surface area contributed by atoms with Crippen molar-refractivity contribution in [3.05, 3.63) is 0 Å². The molecule has 0 aromatic carbocycles. The lowest BCUT2D eigenvalue weighted by atomic mass is 10.1. The number of nitrogens with one attached hydrogen (secondary N) is 1. The molecule has 0 aliphatic rings. The first-order chi connectivity index (χ1) is 7.67. The molecule has 17 heavy (non-hydrogen) atoms. The first kappa shape index (κ1) is 15.7. The summed E-state index contributed by atoms with van der Waals surface area (Å²) in [6, 6.07) is -1.37. The molecule has 6 heteroatoms. The van der Waals surface area contributed by atoms with Gasteiger partial charge in [0.15, 0.2) is 0 Å². The average molecular weight is 246 g/mol. The quantitative estimate of drug-likeness (QED) is 0.642. The minimum atomic E-state index is -1.04. The van der Waals surface area contributed by atoms with Crippen LogP contribution in [0.1, 0.15) is 33.6 Å².